The normalized spacial score (nSPS) is 26.7. The number of anilines is 1. The highest BCUT2D eigenvalue weighted by Gasteiger charge is 2.24. The molecule has 0 spiro atoms. The minimum atomic E-state index is -0.263. The van der Waals surface area contributed by atoms with Gasteiger partial charge in [0.15, 0.2) is 0 Å². The summed E-state index contributed by atoms with van der Waals surface area (Å²) in [6.45, 7) is 3.68. The van der Waals surface area contributed by atoms with Gasteiger partial charge in [-0.15, -0.1) is 0 Å². The van der Waals surface area contributed by atoms with Gasteiger partial charge in [0.25, 0.3) is 0 Å². The molecule has 15 heavy (non-hydrogen) atoms. The summed E-state index contributed by atoms with van der Waals surface area (Å²) in [5.41, 5.74) is 0. The fourth-order valence-electron chi connectivity index (χ4n) is 1.95. The van der Waals surface area contributed by atoms with Crippen molar-refractivity contribution in [3.8, 4) is 0 Å². The molecule has 1 fully saturated rings. The third kappa shape index (κ3) is 2.66. The van der Waals surface area contributed by atoms with Crippen molar-refractivity contribution < 1.29 is 5.11 Å². The first-order valence-corrected chi connectivity index (χ1v) is 5.85. The fraction of sp³-hybridized carbons (Fsp3) is 0.600. The van der Waals surface area contributed by atoms with Gasteiger partial charge in [-0.2, -0.15) is 0 Å². The number of aromatic nitrogens is 2. The Labute approximate surface area is 97.5 Å². The lowest BCUT2D eigenvalue weighted by Crippen LogP contribution is -2.43. The van der Waals surface area contributed by atoms with Gasteiger partial charge in [-0.25, -0.2) is 9.97 Å². The van der Waals surface area contributed by atoms with Crippen LogP contribution in [0.25, 0.3) is 0 Å². The Balaban J connectivity index is 2.12. The molecule has 1 aliphatic heterocycles. The first-order valence-electron chi connectivity index (χ1n) is 5.05. The number of hydrogen-bond donors (Lipinski definition) is 1. The molecule has 1 aliphatic rings. The van der Waals surface area contributed by atoms with Gasteiger partial charge < -0.3 is 10.0 Å². The van der Waals surface area contributed by atoms with Gasteiger partial charge in [-0.05, 0) is 28.3 Å². The van der Waals surface area contributed by atoms with E-state index < -0.39 is 0 Å². The molecular weight excluding hydrogens is 258 g/mol. The van der Waals surface area contributed by atoms with E-state index in [2.05, 4.69) is 32.8 Å². The number of halogens is 1. The van der Waals surface area contributed by atoms with Gasteiger partial charge in [0.2, 0.25) is 5.95 Å². The van der Waals surface area contributed by atoms with E-state index >= 15 is 0 Å². The third-order valence-electron chi connectivity index (χ3n) is 2.53. The van der Waals surface area contributed by atoms with Crippen LogP contribution in [-0.4, -0.2) is 34.3 Å². The Morgan fingerprint density at radius 1 is 1.40 bits per heavy atom. The van der Waals surface area contributed by atoms with Crippen LogP contribution in [0, 0.1) is 5.92 Å². The number of aliphatic hydroxyl groups is 1. The highest BCUT2D eigenvalue weighted by Crippen LogP contribution is 2.20. The number of rotatable bonds is 1. The molecule has 0 amide bonds. The lowest BCUT2D eigenvalue weighted by molar-refractivity contribution is 0.132. The smallest absolute Gasteiger partial charge is 0.225 e. The second-order valence-electron chi connectivity index (χ2n) is 4.10. The van der Waals surface area contributed by atoms with Crippen LogP contribution in [0.5, 0.6) is 0 Å². The molecule has 82 valence electrons. The molecule has 0 saturated carbocycles. The third-order valence-corrected chi connectivity index (χ3v) is 2.94. The molecule has 0 bridgehead atoms. The fourth-order valence-corrected chi connectivity index (χ4v) is 2.16. The zero-order valence-electron chi connectivity index (χ0n) is 8.60. The second kappa shape index (κ2) is 4.45. The van der Waals surface area contributed by atoms with Gasteiger partial charge in [0.05, 0.1) is 10.6 Å². The molecule has 1 saturated heterocycles. The Morgan fingerprint density at radius 3 is 2.67 bits per heavy atom. The molecule has 1 aromatic rings. The van der Waals surface area contributed by atoms with Crippen LogP contribution >= 0.6 is 15.9 Å². The summed E-state index contributed by atoms with van der Waals surface area (Å²) in [4.78, 5) is 10.5. The van der Waals surface area contributed by atoms with Crippen LogP contribution in [0.4, 0.5) is 5.95 Å². The standard InChI is InChI=1S/C10H14BrN3O/c1-7-2-9(15)6-14(5-7)10-12-3-8(11)4-13-10/h3-4,7,9,15H,2,5-6H2,1H3/t7-,9+/m1/s1. The molecule has 0 radical (unpaired) electrons. The van der Waals surface area contributed by atoms with Crippen molar-refractivity contribution in [1.29, 1.82) is 0 Å². The van der Waals surface area contributed by atoms with Crippen molar-refractivity contribution in [3.05, 3.63) is 16.9 Å². The molecule has 4 nitrogen and oxygen atoms in total. The lowest BCUT2D eigenvalue weighted by Gasteiger charge is -2.33. The van der Waals surface area contributed by atoms with Crippen molar-refractivity contribution in [3.63, 3.8) is 0 Å². The van der Waals surface area contributed by atoms with E-state index in [-0.39, 0.29) is 6.10 Å². The zero-order chi connectivity index (χ0) is 10.8. The summed E-state index contributed by atoms with van der Waals surface area (Å²) < 4.78 is 0.872. The quantitative estimate of drug-likeness (QED) is 0.840. The summed E-state index contributed by atoms with van der Waals surface area (Å²) in [7, 11) is 0. The Morgan fingerprint density at radius 2 is 2.07 bits per heavy atom. The Bertz CT molecular complexity index is 320. The van der Waals surface area contributed by atoms with Crippen molar-refractivity contribution in [2.24, 2.45) is 5.92 Å². The van der Waals surface area contributed by atoms with Gasteiger partial charge >= 0.3 is 0 Å². The van der Waals surface area contributed by atoms with Crippen molar-refractivity contribution in [2.45, 2.75) is 19.4 Å². The maximum atomic E-state index is 9.66. The number of piperidine rings is 1. The molecule has 2 atom stereocenters. The molecule has 0 aromatic carbocycles. The SMILES string of the molecule is C[C@@H]1C[C@H](O)CN(c2ncc(Br)cn2)C1. The average Bonchev–Trinajstić information content (AvgIpc) is 2.17. The highest BCUT2D eigenvalue weighted by atomic mass is 79.9. The second-order valence-corrected chi connectivity index (χ2v) is 5.02. The van der Waals surface area contributed by atoms with E-state index in [0.717, 1.165) is 17.4 Å². The molecule has 2 rings (SSSR count). The Kier molecular flexibility index (Phi) is 3.21. The van der Waals surface area contributed by atoms with Crippen LogP contribution in [0.1, 0.15) is 13.3 Å². The van der Waals surface area contributed by atoms with Crippen molar-refractivity contribution in [1.82, 2.24) is 9.97 Å². The summed E-state index contributed by atoms with van der Waals surface area (Å²) >= 11 is 3.30. The van der Waals surface area contributed by atoms with Crippen LogP contribution in [0.2, 0.25) is 0 Å². The molecule has 1 aromatic heterocycles. The summed E-state index contributed by atoms with van der Waals surface area (Å²) in [6.07, 6.45) is 4.07. The minimum Gasteiger partial charge on any atom is -0.391 e. The monoisotopic (exact) mass is 271 g/mol. The van der Waals surface area contributed by atoms with Crippen molar-refractivity contribution >= 4 is 21.9 Å². The van der Waals surface area contributed by atoms with Gasteiger partial charge in [-0.1, -0.05) is 6.92 Å². The number of nitrogens with zero attached hydrogens (tertiary/aromatic N) is 3. The van der Waals surface area contributed by atoms with E-state index in [1.54, 1.807) is 12.4 Å². The molecular formula is C10H14BrN3O. The van der Waals surface area contributed by atoms with E-state index in [9.17, 15) is 5.11 Å². The van der Waals surface area contributed by atoms with Crippen LogP contribution in [-0.2, 0) is 0 Å². The van der Waals surface area contributed by atoms with E-state index in [1.165, 1.54) is 0 Å². The lowest BCUT2D eigenvalue weighted by atomic mass is 9.98. The molecule has 5 heteroatoms. The van der Waals surface area contributed by atoms with E-state index in [4.69, 9.17) is 0 Å². The number of β-amino-alcohol motifs (C(OH)–C–C–N with tert-alkyl or cyclic N) is 1. The maximum absolute atomic E-state index is 9.66. The summed E-state index contributed by atoms with van der Waals surface area (Å²) in [5.74, 6) is 1.18. The van der Waals surface area contributed by atoms with Crippen molar-refractivity contribution in [2.75, 3.05) is 18.0 Å². The first-order chi connectivity index (χ1) is 7.15. The number of hydrogen-bond acceptors (Lipinski definition) is 4. The molecule has 0 unspecified atom stereocenters. The van der Waals surface area contributed by atoms with Crippen LogP contribution in [0.3, 0.4) is 0 Å². The largest absolute Gasteiger partial charge is 0.391 e. The minimum absolute atomic E-state index is 0.263. The topological polar surface area (TPSA) is 49.2 Å². The highest BCUT2D eigenvalue weighted by molar-refractivity contribution is 9.10. The van der Waals surface area contributed by atoms with Gasteiger partial charge in [0.1, 0.15) is 0 Å². The van der Waals surface area contributed by atoms with Gasteiger partial charge in [-0.3, -0.25) is 0 Å². The van der Waals surface area contributed by atoms with E-state index in [1.807, 2.05) is 4.90 Å². The summed E-state index contributed by atoms with van der Waals surface area (Å²) in [6, 6.07) is 0. The number of aliphatic hydroxyl groups excluding tert-OH is 1. The van der Waals surface area contributed by atoms with Crippen LogP contribution in [0.15, 0.2) is 16.9 Å². The van der Waals surface area contributed by atoms with Gasteiger partial charge in [0, 0.05) is 25.5 Å². The Hall–Kier alpha value is -0.680. The average molecular weight is 272 g/mol. The summed E-state index contributed by atoms with van der Waals surface area (Å²) in [5, 5.41) is 9.66. The van der Waals surface area contributed by atoms with Crippen LogP contribution < -0.4 is 4.90 Å². The zero-order valence-corrected chi connectivity index (χ0v) is 10.2. The predicted octanol–water partition coefficient (Wildman–Crippen LogP) is 1.45. The predicted molar refractivity (Wildman–Crippen MR) is 61.7 cm³/mol. The first kappa shape index (κ1) is 10.8. The maximum Gasteiger partial charge on any atom is 0.225 e. The molecule has 1 N–H and O–H groups in total. The molecule has 2 heterocycles. The molecule has 0 aliphatic carbocycles. The van der Waals surface area contributed by atoms with E-state index in [0.29, 0.717) is 18.4 Å².